The Balaban J connectivity index is 2.04. The van der Waals surface area contributed by atoms with E-state index in [9.17, 15) is 9.59 Å². The van der Waals surface area contributed by atoms with E-state index in [1.54, 1.807) is 0 Å². The first kappa shape index (κ1) is 19.6. The van der Waals surface area contributed by atoms with E-state index in [-0.39, 0.29) is 23.0 Å². The van der Waals surface area contributed by atoms with Gasteiger partial charge in [-0.15, -0.1) is 0 Å². The summed E-state index contributed by atoms with van der Waals surface area (Å²) in [6, 6.07) is 8.70. The fourth-order valence-electron chi connectivity index (χ4n) is 2.51. The molecule has 0 aliphatic heterocycles. The van der Waals surface area contributed by atoms with Crippen molar-refractivity contribution in [2.45, 2.75) is 13.8 Å². The first-order chi connectivity index (χ1) is 12.4. The number of ether oxygens (including phenoxy) is 2. The summed E-state index contributed by atoms with van der Waals surface area (Å²) in [6.07, 6.45) is 0. The molecular weight excluding hydrogens is 356 g/mol. The molecule has 2 N–H and O–H groups in total. The van der Waals surface area contributed by atoms with Crippen LogP contribution in [-0.4, -0.2) is 32.6 Å². The van der Waals surface area contributed by atoms with E-state index >= 15 is 0 Å². The van der Waals surface area contributed by atoms with Crippen LogP contribution in [0, 0.1) is 13.8 Å². The summed E-state index contributed by atoms with van der Waals surface area (Å²) < 4.78 is 10.3. The number of benzene rings is 2. The molecule has 2 rings (SSSR count). The van der Waals surface area contributed by atoms with Crippen LogP contribution in [-0.2, 0) is 4.79 Å². The predicted molar refractivity (Wildman–Crippen MR) is 101 cm³/mol. The highest BCUT2D eigenvalue weighted by atomic mass is 35.5. The quantitative estimate of drug-likeness (QED) is 0.810. The second kappa shape index (κ2) is 8.58. The van der Waals surface area contributed by atoms with Crippen LogP contribution in [0.4, 0.5) is 5.69 Å². The van der Waals surface area contributed by atoms with E-state index in [4.69, 9.17) is 21.1 Å². The average Bonchev–Trinajstić information content (AvgIpc) is 2.62. The molecule has 2 aromatic rings. The summed E-state index contributed by atoms with van der Waals surface area (Å²) in [6.45, 7) is 3.65. The Morgan fingerprint density at radius 2 is 1.73 bits per heavy atom. The van der Waals surface area contributed by atoms with Gasteiger partial charge in [0.05, 0.1) is 25.8 Å². The average molecular weight is 377 g/mol. The van der Waals surface area contributed by atoms with Crippen molar-refractivity contribution >= 4 is 29.1 Å². The summed E-state index contributed by atoms with van der Waals surface area (Å²) in [5, 5.41) is 5.63. The fraction of sp³-hybridized carbons (Fsp3) is 0.263. The Kier molecular flexibility index (Phi) is 6.46. The number of aryl methyl sites for hydroxylation is 2. The number of methoxy groups -OCH3 is 2. The first-order valence-electron chi connectivity index (χ1n) is 7.93. The van der Waals surface area contributed by atoms with Gasteiger partial charge in [-0.1, -0.05) is 29.8 Å². The number of amides is 2. The molecule has 138 valence electrons. The molecule has 26 heavy (non-hydrogen) atoms. The van der Waals surface area contributed by atoms with Gasteiger partial charge in [-0.05, 0) is 37.1 Å². The van der Waals surface area contributed by atoms with Crippen molar-refractivity contribution in [2.24, 2.45) is 0 Å². The van der Waals surface area contributed by atoms with Gasteiger partial charge in [-0.2, -0.15) is 0 Å². The third kappa shape index (κ3) is 4.46. The second-order valence-electron chi connectivity index (χ2n) is 5.69. The van der Waals surface area contributed by atoms with Crippen LogP contribution in [0.25, 0.3) is 0 Å². The monoisotopic (exact) mass is 376 g/mol. The van der Waals surface area contributed by atoms with Crippen LogP contribution in [0.15, 0.2) is 30.3 Å². The van der Waals surface area contributed by atoms with Crippen molar-refractivity contribution in [2.75, 3.05) is 26.1 Å². The van der Waals surface area contributed by atoms with E-state index in [2.05, 4.69) is 10.6 Å². The van der Waals surface area contributed by atoms with Crippen LogP contribution in [0.3, 0.4) is 0 Å². The molecule has 0 aliphatic carbocycles. The van der Waals surface area contributed by atoms with Gasteiger partial charge < -0.3 is 20.1 Å². The van der Waals surface area contributed by atoms with Crippen molar-refractivity contribution in [3.63, 3.8) is 0 Å². The minimum Gasteiger partial charge on any atom is -0.493 e. The molecule has 0 saturated heterocycles. The molecule has 6 nitrogen and oxygen atoms in total. The maximum atomic E-state index is 12.3. The molecule has 0 spiro atoms. The summed E-state index contributed by atoms with van der Waals surface area (Å²) in [4.78, 5) is 24.5. The first-order valence-corrected chi connectivity index (χ1v) is 8.31. The normalized spacial score (nSPS) is 10.2. The van der Waals surface area contributed by atoms with Crippen molar-refractivity contribution in [1.29, 1.82) is 0 Å². The smallest absolute Gasteiger partial charge is 0.251 e. The number of carbonyl (C=O) groups is 2. The third-order valence-corrected chi connectivity index (χ3v) is 4.13. The van der Waals surface area contributed by atoms with Gasteiger partial charge >= 0.3 is 0 Å². The number of nitrogens with one attached hydrogen (secondary N) is 2. The van der Waals surface area contributed by atoms with Crippen molar-refractivity contribution < 1.29 is 19.1 Å². The zero-order chi connectivity index (χ0) is 19.3. The van der Waals surface area contributed by atoms with E-state index in [1.807, 2.05) is 32.0 Å². The highest BCUT2D eigenvalue weighted by Gasteiger charge is 2.16. The highest BCUT2D eigenvalue weighted by Crippen LogP contribution is 2.35. The number of rotatable bonds is 6. The number of carbonyl (C=O) groups excluding carboxylic acids is 2. The lowest BCUT2D eigenvalue weighted by Crippen LogP contribution is -2.33. The maximum Gasteiger partial charge on any atom is 0.251 e. The minimum absolute atomic E-state index is 0.168. The molecule has 0 saturated carbocycles. The van der Waals surface area contributed by atoms with Crippen LogP contribution in [0.1, 0.15) is 21.5 Å². The molecular formula is C19H21ClN2O4. The zero-order valence-corrected chi connectivity index (χ0v) is 15.9. The SMILES string of the molecule is COc1cc(C(=O)NCC(=O)Nc2c(C)cccc2C)cc(Cl)c1OC. The van der Waals surface area contributed by atoms with Gasteiger partial charge in [0.1, 0.15) is 0 Å². The molecule has 7 heteroatoms. The predicted octanol–water partition coefficient (Wildman–Crippen LogP) is 3.34. The van der Waals surface area contributed by atoms with E-state index in [1.165, 1.54) is 26.4 Å². The standard InChI is InChI=1S/C19H21ClN2O4/c1-11-6-5-7-12(2)17(11)22-16(23)10-21-19(24)13-8-14(20)18(26-4)15(9-13)25-3/h5-9H,10H2,1-4H3,(H,21,24)(H,22,23). The molecule has 2 amide bonds. The molecule has 0 heterocycles. The highest BCUT2D eigenvalue weighted by molar-refractivity contribution is 6.32. The molecule has 0 aliphatic rings. The summed E-state index contributed by atoms with van der Waals surface area (Å²) >= 11 is 6.10. The Bertz CT molecular complexity index is 816. The molecule has 0 unspecified atom stereocenters. The topological polar surface area (TPSA) is 76.7 Å². The lowest BCUT2D eigenvalue weighted by molar-refractivity contribution is -0.115. The fourth-order valence-corrected chi connectivity index (χ4v) is 2.79. The van der Waals surface area contributed by atoms with Gasteiger partial charge in [-0.3, -0.25) is 9.59 Å². The van der Waals surface area contributed by atoms with Gasteiger partial charge in [0, 0.05) is 11.3 Å². The number of hydrogen-bond acceptors (Lipinski definition) is 4. The van der Waals surface area contributed by atoms with Crippen molar-refractivity contribution in [1.82, 2.24) is 5.32 Å². The van der Waals surface area contributed by atoms with Crippen LogP contribution in [0.5, 0.6) is 11.5 Å². The van der Waals surface area contributed by atoms with Gasteiger partial charge in [0.15, 0.2) is 11.5 Å². The minimum atomic E-state index is -0.440. The van der Waals surface area contributed by atoms with Crippen LogP contribution in [0.2, 0.25) is 5.02 Å². The van der Waals surface area contributed by atoms with E-state index in [0.717, 1.165) is 16.8 Å². The molecule has 0 atom stereocenters. The lowest BCUT2D eigenvalue weighted by atomic mass is 10.1. The summed E-state index contributed by atoms with van der Waals surface area (Å²) in [5.74, 6) is -0.0737. The van der Waals surface area contributed by atoms with Gasteiger partial charge in [0.2, 0.25) is 5.91 Å². The molecule has 0 bridgehead atoms. The summed E-state index contributed by atoms with van der Waals surface area (Å²) in [5.41, 5.74) is 2.93. The Morgan fingerprint density at radius 1 is 1.08 bits per heavy atom. The third-order valence-electron chi connectivity index (χ3n) is 3.85. The van der Waals surface area contributed by atoms with E-state index < -0.39 is 5.91 Å². The number of para-hydroxylation sites is 1. The van der Waals surface area contributed by atoms with Crippen LogP contribution >= 0.6 is 11.6 Å². The number of hydrogen-bond donors (Lipinski definition) is 2. The largest absolute Gasteiger partial charge is 0.493 e. The molecule has 2 aromatic carbocycles. The maximum absolute atomic E-state index is 12.3. The number of halogens is 1. The van der Waals surface area contributed by atoms with Gasteiger partial charge in [0.25, 0.3) is 5.91 Å². The molecule has 0 fully saturated rings. The molecule has 0 radical (unpaired) electrons. The number of anilines is 1. The zero-order valence-electron chi connectivity index (χ0n) is 15.1. The lowest BCUT2D eigenvalue weighted by Gasteiger charge is -2.13. The molecule has 0 aromatic heterocycles. The Labute approximate surface area is 157 Å². The second-order valence-corrected chi connectivity index (χ2v) is 6.10. The van der Waals surface area contributed by atoms with Crippen LogP contribution < -0.4 is 20.1 Å². The Morgan fingerprint density at radius 3 is 2.31 bits per heavy atom. The van der Waals surface area contributed by atoms with Crippen molar-refractivity contribution in [3.05, 3.63) is 52.0 Å². The van der Waals surface area contributed by atoms with E-state index in [0.29, 0.717) is 11.5 Å². The summed E-state index contributed by atoms with van der Waals surface area (Å²) in [7, 11) is 2.91. The van der Waals surface area contributed by atoms with Crippen molar-refractivity contribution in [3.8, 4) is 11.5 Å². The Hall–Kier alpha value is -2.73. The van der Waals surface area contributed by atoms with Gasteiger partial charge in [-0.25, -0.2) is 0 Å².